The number of aliphatic hydroxyl groups excluding tert-OH is 2. The number of nitrogens with one attached hydrogen (secondary N) is 2. The molecular weight excluding hydrogens is 524 g/mol. The van der Waals surface area contributed by atoms with Crippen molar-refractivity contribution in [3.05, 3.63) is 40.2 Å². The van der Waals surface area contributed by atoms with Gasteiger partial charge in [0.05, 0.1) is 12.7 Å². The van der Waals surface area contributed by atoms with Gasteiger partial charge in [-0.3, -0.25) is 15.1 Å². The second-order valence-electron chi connectivity index (χ2n) is 9.30. The summed E-state index contributed by atoms with van der Waals surface area (Å²) in [4.78, 5) is 23.9. The Morgan fingerprint density at radius 2 is 1.64 bits per heavy atom. The Morgan fingerprint density at radius 1 is 1.00 bits per heavy atom. The number of carbonyl (C=O) groups is 1. The Bertz CT molecular complexity index is 1090. The molecule has 0 radical (unpaired) electrons. The molecule has 1 aromatic heterocycles. The van der Waals surface area contributed by atoms with Crippen molar-refractivity contribution in [2.45, 2.75) is 70.5 Å². The highest BCUT2D eigenvalue weighted by atomic mass is 35.5. The first-order valence-corrected chi connectivity index (χ1v) is 13.6. The summed E-state index contributed by atoms with van der Waals surface area (Å²) in [6.45, 7) is 1.51. The fourth-order valence-electron chi connectivity index (χ4n) is 3.92. The van der Waals surface area contributed by atoms with Crippen LogP contribution in [0, 0.1) is 0 Å². The number of nitrogen functional groups attached to an aromatic ring is 2. The average molecular weight is 565 g/mol. The number of unbranched alkanes of at least 4 members (excludes halogenated alkanes) is 8. The predicted molar refractivity (Wildman–Crippen MR) is 153 cm³/mol. The molecule has 0 spiro atoms. The highest BCUT2D eigenvalue weighted by Gasteiger charge is 2.16. The number of nitrogens with zero attached hydrogens (tertiary/aromatic N) is 3. The van der Waals surface area contributed by atoms with Crippen molar-refractivity contribution in [2.75, 3.05) is 31.1 Å². The maximum atomic E-state index is 12.2. The molecule has 216 valence electrons. The van der Waals surface area contributed by atoms with Crippen LogP contribution < -0.4 is 27.8 Å². The van der Waals surface area contributed by atoms with E-state index in [1.54, 1.807) is 12.1 Å². The molecule has 2 rings (SSSR count). The summed E-state index contributed by atoms with van der Waals surface area (Å²) in [5.74, 6) is -0.833. The van der Waals surface area contributed by atoms with Crippen LogP contribution >= 0.6 is 11.6 Å². The number of halogens is 1. The fourth-order valence-corrected chi connectivity index (χ4v) is 4.05. The minimum Gasteiger partial charge on any atom is -0.508 e. The zero-order valence-electron chi connectivity index (χ0n) is 22.2. The SMILES string of the molecule is NC(=NCCCCCCCCCCCNC[C@@H](O)c1ccc(O)c(CO)c1)NC(=O)c1nc(Cl)c(N)nc1N. The lowest BCUT2D eigenvalue weighted by molar-refractivity contribution is 0.0972. The summed E-state index contributed by atoms with van der Waals surface area (Å²) in [6.07, 6.45) is 9.24. The van der Waals surface area contributed by atoms with Gasteiger partial charge in [0.2, 0.25) is 0 Å². The molecular formula is C26H41ClN8O4. The van der Waals surface area contributed by atoms with Gasteiger partial charge in [-0.2, -0.15) is 0 Å². The minimum atomic E-state index is -0.680. The first kappa shape index (κ1) is 32.0. The Hall–Kier alpha value is -3.19. The number of aromatic hydroxyl groups is 1. The van der Waals surface area contributed by atoms with Gasteiger partial charge in [0.15, 0.2) is 28.4 Å². The average Bonchev–Trinajstić information content (AvgIpc) is 2.90. The summed E-state index contributed by atoms with van der Waals surface area (Å²) in [6, 6.07) is 4.78. The van der Waals surface area contributed by atoms with Crippen molar-refractivity contribution in [3.8, 4) is 5.75 Å². The topological polar surface area (TPSA) is 218 Å². The monoisotopic (exact) mass is 564 g/mol. The summed E-state index contributed by atoms with van der Waals surface area (Å²) < 4.78 is 0. The largest absolute Gasteiger partial charge is 0.508 e. The number of hydrogen-bond acceptors (Lipinski definition) is 10. The van der Waals surface area contributed by atoms with Crippen LogP contribution in [-0.4, -0.2) is 56.8 Å². The lowest BCUT2D eigenvalue weighted by Gasteiger charge is -2.14. The summed E-state index contributed by atoms with van der Waals surface area (Å²) in [5, 5.41) is 34.7. The van der Waals surface area contributed by atoms with E-state index in [1.807, 2.05) is 0 Å². The van der Waals surface area contributed by atoms with Crippen molar-refractivity contribution in [1.29, 1.82) is 0 Å². The van der Waals surface area contributed by atoms with E-state index in [0.717, 1.165) is 38.6 Å². The Balaban J connectivity index is 1.44. The zero-order chi connectivity index (χ0) is 28.6. The molecule has 1 aromatic carbocycles. The Kier molecular flexibility index (Phi) is 14.3. The molecule has 0 aliphatic carbocycles. The molecule has 0 aliphatic rings. The molecule has 0 saturated heterocycles. The molecule has 12 nitrogen and oxygen atoms in total. The highest BCUT2D eigenvalue weighted by Crippen LogP contribution is 2.22. The van der Waals surface area contributed by atoms with E-state index in [1.165, 1.54) is 31.7 Å². The van der Waals surface area contributed by atoms with Gasteiger partial charge in [-0.05, 0) is 37.1 Å². The van der Waals surface area contributed by atoms with Gasteiger partial charge in [0.1, 0.15) is 5.75 Å². The maximum absolute atomic E-state index is 12.2. The van der Waals surface area contributed by atoms with Crippen molar-refractivity contribution in [1.82, 2.24) is 20.6 Å². The van der Waals surface area contributed by atoms with Crippen molar-refractivity contribution in [3.63, 3.8) is 0 Å². The third kappa shape index (κ3) is 11.6. The second-order valence-corrected chi connectivity index (χ2v) is 9.66. The number of hydrogen-bond donors (Lipinski definition) is 8. The molecule has 1 atom stereocenters. The van der Waals surface area contributed by atoms with Gasteiger partial charge < -0.3 is 37.8 Å². The molecule has 2 aromatic rings. The van der Waals surface area contributed by atoms with Crippen molar-refractivity contribution in [2.24, 2.45) is 10.7 Å². The van der Waals surface area contributed by atoms with Crippen LogP contribution in [0.2, 0.25) is 5.15 Å². The number of aromatic nitrogens is 2. The third-order valence-corrected chi connectivity index (χ3v) is 6.43. The number of rotatable bonds is 17. The summed E-state index contributed by atoms with van der Waals surface area (Å²) in [5.41, 5.74) is 17.8. The number of nitrogens with two attached hydrogens (primary N) is 3. The van der Waals surface area contributed by atoms with E-state index in [2.05, 4.69) is 25.6 Å². The number of phenols is 1. The molecule has 0 fully saturated rings. The number of aliphatic hydroxyl groups is 2. The van der Waals surface area contributed by atoms with Gasteiger partial charge >= 0.3 is 0 Å². The van der Waals surface area contributed by atoms with Crippen LogP contribution in [0.1, 0.15) is 85.5 Å². The van der Waals surface area contributed by atoms with Crippen LogP contribution in [0.3, 0.4) is 0 Å². The van der Waals surface area contributed by atoms with E-state index >= 15 is 0 Å². The number of benzene rings is 1. The van der Waals surface area contributed by atoms with E-state index < -0.39 is 12.0 Å². The highest BCUT2D eigenvalue weighted by molar-refractivity contribution is 6.31. The standard InChI is InChI=1S/C26H41ClN8O4/c27-22-24(29)34-23(28)21(33-22)25(39)35-26(30)32-13-9-7-5-3-1-2-4-6-8-12-31-15-20(38)17-10-11-19(37)18(14-17)16-36/h10-11,14,20,31,36-38H,1-9,12-13,15-16H2,(H4,28,29,34)(H3,30,32,35,39)/t20-/m1/s1. The normalized spacial score (nSPS) is 12.4. The Morgan fingerprint density at radius 3 is 2.31 bits per heavy atom. The van der Waals surface area contributed by atoms with Crippen LogP contribution in [0.5, 0.6) is 5.75 Å². The van der Waals surface area contributed by atoms with Gasteiger partial charge in [-0.15, -0.1) is 0 Å². The first-order chi connectivity index (χ1) is 18.7. The maximum Gasteiger partial charge on any atom is 0.280 e. The number of carbonyl (C=O) groups excluding carboxylic acids is 1. The smallest absolute Gasteiger partial charge is 0.280 e. The third-order valence-electron chi connectivity index (χ3n) is 6.15. The number of aliphatic imine (C=N–C) groups is 1. The summed E-state index contributed by atoms with van der Waals surface area (Å²) in [7, 11) is 0. The number of amides is 1. The van der Waals surface area contributed by atoms with Crippen LogP contribution in [0.15, 0.2) is 23.2 Å². The lowest BCUT2D eigenvalue weighted by Crippen LogP contribution is -2.38. The van der Waals surface area contributed by atoms with Crippen molar-refractivity contribution >= 4 is 35.1 Å². The minimum absolute atomic E-state index is 0.0191. The van der Waals surface area contributed by atoms with E-state index in [9.17, 15) is 20.1 Å². The molecule has 0 saturated carbocycles. The van der Waals surface area contributed by atoms with E-state index in [-0.39, 0.29) is 40.8 Å². The zero-order valence-corrected chi connectivity index (χ0v) is 23.0. The predicted octanol–water partition coefficient (Wildman–Crippen LogP) is 2.37. The van der Waals surface area contributed by atoms with Gasteiger partial charge in [-0.1, -0.05) is 62.6 Å². The molecule has 1 heterocycles. The van der Waals surface area contributed by atoms with Gasteiger partial charge in [0.25, 0.3) is 5.91 Å². The summed E-state index contributed by atoms with van der Waals surface area (Å²) >= 11 is 5.79. The van der Waals surface area contributed by atoms with Crippen molar-refractivity contribution < 1.29 is 20.1 Å². The van der Waals surface area contributed by atoms with Crippen LogP contribution in [-0.2, 0) is 6.61 Å². The first-order valence-electron chi connectivity index (χ1n) is 13.2. The molecule has 0 unspecified atom stereocenters. The fraction of sp³-hybridized carbons (Fsp3) is 0.538. The van der Waals surface area contributed by atoms with Gasteiger partial charge in [0, 0.05) is 18.7 Å². The molecule has 39 heavy (non-hydrogen) atoms. The number of guanidine groups is 1. The molecule has 11 N–H and O–H groups in total. The molecule has 0 bridgehead atoms. The molecule has 0 aliphatic heterocycles. The van der Waals surface area contributed by atoms with E-state index in [0.29, 0.717) is 24.2 Å². The van der Waals surface area contributed by atoms with Crippen LogP contribution in [0.4, 0.5) is 11.6 Å². The van der Waals surface area contributed by atoms with E-state index in [4.69, 9.17) is 28.8 Å². The molecule has 1 amide bonds. The second kappa shape index (κ2) is 17.4. The van der Waals surface area contributed by atoms with Gasteiger partial charge in [-0.25, -0.2) is 9.97 Å². The molecule has 13 heteroatoms. The van der Waals surface area contributed by atoms with Crippen LogP contribution in [0.25, 0.3) is 0 Å². The lowest BCUT2D eigenvalue weighted by atomic mass is 10.1. The Labute approximate surface area is 234 Å². The number of anilines is 2. The quantitative estimate of drug-likeness (QED) is 0.0796.